The smallest absolute Gasteiger partial charge is 0.303 e. The van der Waals surface area contributed by atoms with Crippen LogP contribution in [0.4, 0.5) is 0 Å². The summed E-state index contributed by atoms with van der Waals surface area (Å²) in [6.45, 7) is 15.2. The summed E-state index contributed by atoms with van der Waals surface area (Å²) in [5, 5.41) is 8.16. The molecule has 1 N–H and O–H groups in total. The van der Waals surface area contributed by atoms with E-state index in [2.05, 4.69) is 32.6 Å². The predicted octanol–water partition coefficient (Wildman–Crippen LogP) is 3.24. The quantitative estimate of drug-likeness (QED) is 0.763. The van der Waals surface area contributed by atoms with Gasteiger partial charge in [0, 0.05) is 12.5 Å². The van der Waals surface area contributed by atoms with E-state index in [-0.39, 0.29) is 0 Å². The molecule has 0 aromatic carbocycles. The second-order valence-electron chi connectivity index (χ2n) is 4.64. The van der Waals surface area contributed by atoms with Gasteiger partial charge in [0.15, 0.2) is 0 Å². The molecule has 3 heteroatoms. The average molecular weight is 231 g/mol. The van der Waals surface area contributed by atoms with Crippen LogP contribution in [0, 0.1) is 5.92 Å². The van der Waals surface area contributed by atoms with Gasteiger partial charge >= 0.3 is 5.97 Å². The van der Waals surface area contributed by atoms with Gasteiger partial charge in [-0.05, 0) is 39.3 Å². The third-order valence-corrected chi connectivity index (χ3v) is 2.48. The van der Waals surface area contributed by atoms with E-state index in [0.717, 1.165) is 6.42 Å². The monoisotopic (exact) mass is 231 g/mol. The highest BCUT2D eigenvalue weighted by molar-refractivity contribution is 5.66. The van der Waals surface area contributed by atoms with Gasteiger partial charge in [0.2, 0.25) is 0 Å². The summed E-state index contributed by atoms with van der Waals surface area (Å²) in [6.07, 6.45) is 1.09. The molecule has 0 aliphatic carbocycles. The molecule has 0 spiro atoms. The first-order valence-corrected chi connectivity index (χ1v) is 6.30. The number of hydrogen-bond acceptors (Lipinski definition) is 2. The van der Waals surface area contributed by atoms with Crippen molar-refractivity contribution in [1.29, 1.82) is 0 Å². The van der Waals surface area contributed by atoms with Crippen molar-refractivity contribution in [3.05, 3.63) is 0 Å². The Bertz CT molecular complexity index is 163. The van der Waals surface area contributed by atoms with Gasteiger partial charge in [-0.1, -0.05) is 27.7 Å². The van der Waals surface area contributed by atoms with E-state index in [0.29, 0.717) is 18.4 Å². The molecule has 0 aliphatic heterocycles. The van der Waals surface area contributed by atoms with Crippen molar-refractivity contribution < 1.29 is 9.90 Å². The first-order chi connectivity index (χ1) is 7.34. The molecule has 0 fully saturated rings. The van der Waals surface area contributed by atoms with Gasteiger partial charge in [0.1, 0.15) is 0 Å². The molecular formula is C13H29NO2. The normalized spacial score (nSPS) is 10.6. The molecule has 0 amide bonds. The number of hydrogen-bond donors (Lipinski definition) is 1. The minimum Gasteiger partial charge on any atom is -0.481 e. The number of carbonyl (C=O) groups is 1. The zero-order chi connectivity index (χ0) is 13.1. The van der Waals surface area contributed by atoms with E-state index >= 15 is 0 Å². The van der Waals surface area contributed by atoms with Crippen molar-refractivity contribution in [1.82, 2.24) is 4.90 Å². The number of carboxylic acids is 1. The molecule has 98 valence electrons. The second-order valence-corrected chi connectivity index (χ2v) is 4.64. The Morgan fingerprint density at radius 2 is 1.56 bits per heavy atom. The molecule has 0 saturated heterocycles. The van der Waals surface area contributed by atoms with E-state index in [9.17, 15) is 4.79 Å². The molecule has 0 radical (unpaired) electrons. The number of nitrogens with zero attached hydrogens (tertiary/aromatic N) is 1. The van der Waals surface area contributed by atoms with Crippen molar-refractivity contribution in [2.45, 2.75) is 60.4 Å². The molecule has 0 rings (SSSR count). The fourth-order valence-electron chi connectivity index (χ4n) is 1.37. The fraction of sp³-hybridized carbons (Fsp3) is 0.923. The summed E-state index contributed by atoms with van der Waals surface area (Å²) >= 11 is 0. The third-order valence-electron chi connectivity index (χ3n) is 2.48. The van der Waals surface area contributed by atoms with E-state index < -0.39 is 5.97 Å². The maximum atomic E-state index is 9.90. The van der Waals surface area contributed by atoms with Crippen molar-refractivity contribution in [2.75, 3.05) is 13.1 Å². The molecule has 0 saturated carbocycles. The van der Waals surface area contributed by atoms with Gasteiger partial charge in [0.05, 0.1) is 0 Å². The van der Waals surface area contributed by atoms with E-state index in [1.807, 2.05) is 13.8 Å². The molecule has 0 aliphatic rings. The zero-order valence-corrected chi connectivity index (χ0v) is 11.8. The van der Waals surface area contributed by atoms with Crippen molar-refractivity contribution >= 4 is 5.97 Å². The van der Waals surface area contributed by atoms with Crippen LogP contribution in [0.1, 0.15) is 54.4 Å². The maximum Gasteiger partial charge on any atom is 0.303 e. The molecular weight excluding hydrogens is 202 g/mol. The van der Waals surface area contributed by atoms with Crippen LogP contribution >= 0.6 is 0 Å². The number of carboxylic acid groups (broad SMARTS) is 1. The minimum absolute atomic E-state index is 0.303. The van der Waals surface area contributed by atoms with Crippen LogP contribution in [0.5, 0.6) is 0 Å². The Morgan fingerprint density at radius 1 is 1.12 bits per heavy atom. The van der Waals surface area contributed by atoms with Crippen LogP contribution in [0.2, 0.25) is 0 Å². The molecule has 0 aromatic rings. The van der Waals surface area contributed by atoms with Gasteiger partial charge in [-0.2, -0.15) is 0 Å². The Hall–Kier alpha value is -0.570. The lowest BCUT2D eigenvalue weighted by atomic mass is 10.1. The number of aliphatic carboxylic acids is 1. The molecule has 0 heterocycles. The first kappa shape index (κ1) is 17.8. The SMILES string of the molecule is CC(C)CCC(=O)O.CCN(CC)C(C)C. The van der Waals surface area contributed by atoms with Crippen LogP contribution in [-0.2, 0) is 4.79 Å². The molecule has 0 atom stereocenters. The Kier molecular flexibility index (Phi) is 12.2. The fourth-order valence-corrected chi connectivity index (χ4v) is 1.37. The topological polar surface area (TPSA) is 40.5 Å². The Labute approximate surface area is 101 Å². The maximum absolute atomic E-state index is 9.90. The molecule has 0 bridgehead atoms. The van der Waals surface area contributed by atoms with E-state index in [4.69, 9.17) is 5.11 Å². The number of rotatable bonds is 6. The standard InChI is InChI=1S/C7H17N.C6H12O2/c1-5-8(6-2)7(3)4;1-5(2)3-4-6(7)8/h7H,5-6H2,1-4H3;5H,3-4H2,1-2H3,(H,7,8). The summed E-state index contributed by atoms with van der Waals surface area (Å²) in [7, 11) is 0. The van der Waals surface area contributed by atoms with Crippen LogP contribution in [0.15, 0.2) is 0 Å². The Morgan fingerprint density at radius 3 is 1.62 bits per heavy atom. The second kappa shape index (κ2) is 10.9. The van der Waals surface area contributed by atoms with Crippen molar-refractivity contribution in [3.63, 3.8) is 0 Å². The van der Waals surface area contributed by atoms with Crippen molar-refractivity contribution in [2.24, 2.45) is 5.92 Å². The first-order valence-electron chi connectivity index (χ1n) is 6.30. The lowest BCUT2D eigenvalue weighted by Gasteiger charge is -2.21. The van der Waals surface area contributed by atoms with Gasteiger partial charge in [-0.3, -0.25) is 4.79 Å². The highest BCUT2D eigenvalue weighted by Gasteiger charge is 2.00. The van der Waals surface area contributed by atoms with Gasteiger partial charge < -0.3 is 10.0 Å². The average Bonchev–Trinajstić information content (AvgIpc) is 2.17. The van der Waals surface area contributed by atoms with Crippen LogP contribution in [-0.4, -0.2) is 35.1 Å². The van der Waals surface area contributed by atoms with E-state index in [1.54, 1.807) is 0 Å². The largest absolute Gasteiger partial charge is 0.481 e. The summed E-state index contributed by atoms with van der Waals surface area (Å²) in [6, 6.07) is 0.713. The zero-order valence-electron chi connectivity index (χ0n) is 11.8. The van der Waals surface area contributed by atoms with Gasteiger partial charge in [-0.25, -0.2) is 0 Å². The molecule has 0 unspecified atom stereocenters. The van der Waals surface area contributed by atoms with Gasteiger partial charge in [0.25, 0.3) is 0 Å². The third kappa shape index (κ3) is 13.4. The van der Waals surface area contributed by atoms with Crippen LogP contribution in [0.25, 0.3) is 0 Å². The van der Waals surface area contributed by atoms with Crippen LogP contribution in [0.3, 0.4) is 0 Å². The van der Waals surface area contributed by atoms with Gasteiger partial charge in [-0.15, -0.1) is 0 Å². The summed E-state index contributed by atoms with van der Waals surface area (Å²) in [4.78, 5) is 12.3. The van der Waals surface area contributed by atoms with Crippen LogP contribution < -0.4 is 0 Å². The van der Waals surface area contributed by atoms with E-state index in [1.165, 1.54) is 13.1 Å². The highest BCUT2D eigenvalue weighted by Crippen LogP contribution is 2.01. The highest BCUT2D eigenvalue weighted by atomic mass is 16.4. The minimum atomic E-state index is -0.696. The molecule has 16 heavy (non-hydrogen) atoms. The lowest BCUT2D eigenvalue weighted by Crippen LogP contribution is -2.29. The lowest BCUT2D eigenvalue weighted by molar-refractivity contribution is -0.137. The molecule has 0 aromatic heterocycles. The Balaban J connectivity index is 0. The summed E-state index contributed by atoms with van der Waals surface area (Å²) in [5.41, 5.74) is 0. The molecule has 3 nitrogen and oxygen atoms in total. The van der Waals surface area contributed by atoms with Crippen molar-refractivity contribution in [3.8, 4) is 0 Å². The predicted molar refractivity (Wildman–Crippen MR) is 69.8 cm³/mol. The summed E-state index contributed by atoms with van der Waals surface area (Å²) in [5.74, 6) is -0.190. The summed E-state index contributed by atoms with van der Waals surface area (Å²) < 4.78 is 0.